The van der Waals surface area contributed by atoms with Gasteiger partial charge in [0.2, 0.25) is 0 Å². The largest absolute Gasteiger partial charge is 0.754 e. The molecule has 0 unspecified atom stereocenters. The molecule has 0 fully saturated rings. The van der Waals surface area contributed by atoms with Crippen LogP contribution in [0.5, 0.6) is 0 Å². The molecule has 0 spiro atoms. The van der Waals surface area contributed by atoms with Crippen LogP contribution in [0.3, 0.4) is 0 Å². The minimum atomic E-state index is -1.85. The molecule has 0 rings (SSSR count). The van der Waals surface area contributed by atoms with E-state index in [1.165, 1.54) is 231 Å². The van der Waals surface area contributed by atoms with E-state index in [2.05, 4.69) is 20.8 Å². The molecule has 0 aromatic heterocycles. The summed E-state index contributed by atoms with van der Waals surface area (Å²) in [7, 11) is -1.85. The molecular formula is C54H105BO9Zr3. The second-order valence-corrected chi connectivity index (χ2v) is 19.0. The average molecular weight is 1180 g/mol. The van der Waals surface area contributed by atoms with Crippen molar-refractivity contribution in [3.05, 3.63) is 0 Å². The van der Waals surface area contributed by atoms with Crippen LogP contribution in [-0.2, 0) is 122 Å². The van der Waals surface area contributed by atoms with Gasteiger partial charge >= 0.3 is 25.2 Å². The fourth-order valence-corrected chi connectivity index (χ4v) is 8.37. The first-order valence-corrected chi connectivity index (χ1v) is 28.1. The first-order valence-electron chi connectivity index (χ1n) is 28.1. The minimum Gasteiger partial charge on any atom is -0.308 e. The van der Waals surface area contributed by atoms with Gasteiger partial charge in [0.15, 0.2) is 0 Å². The first-order chi connectivity index (χ1) is 31.5. The van der Waals surface area contributed by atoms with Gasteiger partial charge in [-0.05, 0) is 19.3 Å². The summed E-state index contributed by atoms with van der Waals surface area (Å²) in [6, 6.07) is 0. The van der Waals surface area contributed by atoms with Crippen LogP contribution in [0.2, 0.25) is 0 Å². The standard InChI is InChI=1S/C54H105BO9.3Zr/c1-4-7-10-13-16-19-22-25-28-31-34-37-40-43-46-49-52(56)59-62-55(63-60-53(57)50-47-44-41-38-35-32-29-26-23-20-17-14-11-8-5-2)64-61-54(58)51-48-45-42-39-36-33-30-27-24-21-18-15-12-9-6-3;;;/h4-51H2,1-3H3;;;. The van der Waals surface area contributed by atoms with Gasteiger partial charge in [-0.1, -0.05) is 290 Å². The predicted octanol–water partition coefficient (Wildman–Crippen LogP) is 18.2. The third-order valence-electron chi connectivity index (χ3n) is 12.6. The molecule has 0 atom stereocenters. The van der Waals surface area contributed by atoms with E-state index in [0.717, 1.165) is 38.5 Å². The molecule has 0 aromatic carbocycles. The summed E-state index contributed by atoms with van der Waals surface area (Å²) >= 11 is 0. The number of rotatable bonds is 54. The Morgan fingerprint density at radius 1 is 0.239 bits per heavy atom. The van der Waals surface area contributed by atoms with E-state index in [-0.39, 0.29) is 97.9 Å². The summed E-state index contributed by atoms with van der Waals surface area (Å²) in [6.45, 7) is 6.79. The number of carbonyl (C=O) groups excluding carboxylic acids is 3. The molecule has 390 valence electrons. The molecule has 0 heterocycles. The molecule has 9 nitrogen and oxygen atoms in total. The molecule has 0 radical (unpaired) electrons. The van der Waals surface area contributed by atoms with E-state index in [9.17, 15) is 14.4 Å². The van der Waals surface area contributed by atoms with Gasteiger partial charge in [0.25, 0.3) is 0 Å². The number of hydrogen-bond acceptors (Lipinski definition) is 9. The zero-order valence-electron chi connectivity index (χ0n) is 44.2. The topological polar surface area (TPSA) is 107 Å². The van der Waals surface area contributed by atoms with Crippen LogP contribution in [0.1, 0.15) is 329 Å². The second kappa shape index (κ2) is 65.0. The molecule has 0 saturated carbocycles. The smallest absolute Gasteiger partial charge is 0.308 e. The van der Waals surface area contributed by atoms with Gasteiger partial charge in [-0.2, -0.15) is 14.4 Å². The maximum atomic E-state index is 12.4. The van der Waals surface area contributed by atoms with Crippen molar-refractivity contribution in [1.82, 2.24) is 0 Å². The Bertz CT molecular complexity index is 866. The van der Waals surface area contributed by atoms with Crippen molar-refractivity contribution in [3.8, 4) is 0 Å². The van der Waals surface area contributed by atoms with Crippen LogP contribution in [0, 0.1) is 0 Å². The number of hydrogen-bond donors (Lipinski definition) is 0. The summed E-state index contributed by atoms with van der Waals surface area (Å²) in [4.78, 5) is 66.9. The number of unbranched alkanes of at least 4 members (excludes halogenated alkanes) is 42. The van der Waals surface area contributed by atoms with Crippen LogP contribution in [0.25, 0.3) is 0 Å². The van der Waals surface area contributed by atoms with Gasteiger partial charge in [-0.15, -0.1) is 0 Å². The molecule has 0 bridgehead atoms. The van der Waals surface area contributed by atoms with E-state index < -0.39 is 25.2 Å². The molecule has 0 aliphatic carbocycles. The fourth-order valence-electron chi connectivity index (χ4n) is 8.37. The Morgan fingerprint density at radius 2 is 0.373 bits per heavy atom. The van der Waals surface area contributed by atoms with E-state index in [1.807, 2.05) is 0 Å². The molecule has 13 heteroatoms. The second-order valence-electron chi connectivity index (χ2n) is 19.0. The monoisotopic (exact) mass is 1180 g/mol. The van der Waals surface area contributed by atoms with Crippen LogP contribution < -0.4 is 0 Å². The Balaban J connectivity index is -0.00000661. The van der Waals surface area contributed by atoms with Crippen molar-refractivity contribution in [3.63, 3.8) is 0 Å². The Morgan fingerprint density at radius 3 is 0.522 bits per heavy atom. The third-order valence-corrected chi connectivity index (χ3v) is 12.6. The fraction of sp³-hybridized carbons (Fsp3) is 0.944. The minimum absolute atomic E-state index is 0. The molecule has 0 aliphatic rings. The molecule has 67 heavy (non-hydrogen) atoms. The van der Waals surface area contributed by atoms with Gasteiger partial charge in [-0.3, -0.25) is 0 Å². The van der Waals surface area contributed by atoms with Crippen LogP contribution in [0.4, 0.5) is 0 Å². The molecular weight excluding hydrogens is 1080 g/mol. The quantitative estimate of drug-likeness (QED) is 0.0255. The van der Waals surface area contributed by atoms with Gasteiger partial charge in [-0.25, -0.2) is 14.4 Å². The normalized spacial score (nSPS) is 10.8. The summed E-state index contributed by atoms with van der Waals surface area (Å²) < 4.78 is 0. The van der Waals surface area contributed by atoms with Gasteiger partial charge in [0.05, 0.1) is 0 Å². The maximum absolute atomic E-state index is 12.4. The van der Waals surface area contributed by atoms with Crippen molar-refractivity contribution in [1.29, 1.82) is 0 Å². The molecule has 0 aliphatic heterocycles. The summed E-state index contributed by atoms with van der Waals surface area (Å²) in [6.07, 6.45) is 56.2. The maximum Gasteiger partial charge on any atom is 0.754 e. The molecule has 0 aromatic rings. The van der Waals surface area contributed by atoms with Crippen molar-refractivity contribution in [2.24, 2.45) is 0 Å². The van der Waals surface area contributed by atoms with Crippen molar-refractivity contribution in [2.75, 3.05) is 0 Å². The number of carbonyl (C=O) groups is 3. The van der Waals surface area contributed by atoms with Crippen molar-refractivity contribution in [2.45, 2.75) is 329 Å². The Kier molecular flexibility index (Phi) is 72.3. The summed E-state index contributed by atoms with van der Waals surface area (Å²) in [5, 5.41) is 0. The zero-order chi connectivity index (χ0) is 46.5. The SMILES string of the molecule is CCCCCCCCCCCCCCCCCC(=O)OOB(OOC(=O)CCCCCCCCCCCCCCCCC)OOC(=O)CCCCCCCCCCCCCCCCC.[Zr].[Zr].[Zr]. The van der Waals surface area contributed by atoms with E-state index >= 15 is 0 Å². The summed E-state index contributed by atoms with van der Waals surface area (Å²) in [5.41, 5.74) is 0. The van der Waals surface area contributed by atoms with Crippen molar-refractivity contribution < 1.29 is 122 Å². The zero-order valence-corrected chi connectivity index (χ0v) is 51.6. The van der Waals surface area contributed by atoms with E-state index in [0.29, 0.717) is 19.3 Å². The molecule has 0 amide bonds. The van der Waals surface area contributed by atoms with Crippen LogP contribution in [0.15, 0.2) is 0 Å². The van der Waals surface area contributed by atoms with Crippen LogP contribution in [-0.4, -0.2) is 25.2 Å². The third kappa shape index (κ3) is 63.1. The van der Waals surface area contributed by atoms with E-state index in [4.69, 9.17) is 29.1 Å². The predicted molar refractivity (Wildman–Crippen MR) is 266 cm³/mol. The first kappa shape index (κ1) is 74.5. The molecule has 0 saturated heterocycles. The van der Waals surface area contributed by atoms with Gasteiger partial charge in [0.1, 0.15) is 0 Å². The average Bonchev–Trinajstić information content (AvgIpc) is 3.29. The summed E-state index contributed by atoms with van der Waals surface area (Å²) in [5.74, 6) is -1.79. The van der Waals surface area contributed by atoms with Crippen molar-refractivity contribution >= 4 is 25.2 Å². The molecule has 0 N–H and O–H groups in total. The van der Waals surface area contributed by atoms with Crippen LogP contribution >= 0.6 is 0 Å². The van der Waals surface area contributed by atoms with E-state index in [1.54, 1.807) is 0 Å². The van der Waals surface area contributed by atoms with Gasteiger partial charge in [0, 0.05) is 97.9 Å². The Hall–Kier alpha value is 1.00. The Labute approximate surface area is 472 Å². The van der Waals surface area contributed by atoms with Gasteiger partial charge < -0.3 is 14.7 Å².